The molecule has 2 heterocycles. The van der Waals surface area contributed by atoms with Gasteiger partial charge in [0.25, 0.3) is 17.0 Å². The van der Waals surface area contributed by atoms with Crippen LogP contribution >= 0.6 is 0 Å². The van der Waals surface area contributed by atoms with Crippen LogP contribution in [0.4, 0.5) is 22.0 Å². The third kappa shape index (κ3) is 5.14. The Morgan fingerprint density at radius 1 is 1.24 bits per heavy atom. The van der Waals surface area contributed by atoms with Gasteiger partial charge >= 0.3 is 0 Å². The highest BCUT2D eigenvalue weighted by Gasteiger charge is 2.41. The number of halogens is 5. The second-order valence-electron chi connectivity index (χ2n) is 7.44. The number of H-pyrrole nitrogens is 1. The Morgan fingerprint density at radius 2 is 1.94 bits per heavy atom. The zero-order valence-electron chi connectivity index (χ0n) is 17.8. The number of nitrogens with one attached hydrogen (secondary N) is 1. The van der Waals surface area contributed by atoms with Gasteiger partial charge in [0, 0.05) is 22.9 Å². The topological polar surface area (TPSA) is 101 Å². The fourth-order valence-electron chi connectivity index (χ4n) is 3.12. The van der Waals surface area contributed by atoms with Gasteiger partial charge in [-0.1, -0.05) is 0 Å². The fourth-order valence-corrected chi connectivity index (χ4v) is 3.12. The average molecular weight is 480 g/mol. The standard InChI is InChI=1S/C22H17F5N4O3/c1-11-3-4-13(20(32)30-11)9-31-10-29-19(22(26,27)7-17(24)25)18(21(31)33)34-16-6-15(23)5-14(8-28)12(16)2/h3-6,10,17H,7,9H2,1-2H3,(H,30,32). The van der Waals surface area contributed by atoms with Crippen LogP contribution < -0.4 is 15.9 Å². The van der Waals surface area contributed by atoms with Crippen LogP contribution in [0.25, 0.3) is 0 Å². The second-order valence-corrected chi connectivity index (χ2v) is 7.44. The lowest BCUT2D eigenvalue weighted by atomic mass is 10.1. The molecule has 0 unspecified atom stereocenters. The van der Waals surface area contributed by atoms with Crippen molar-refractivity contribution in [1.29, 1.82) is 5.26 Å². The van der Waals surface area contributed by atoms with Gasteiger partial charge < -0.3 is 9.72 Å². The molecule has 7 nitrogen and oxygen atoms in total. The van der Waals surface area contributed by atoms with Gasteiger partial charge in [0.05, 0.1) is 30.9 Å². The molecule has 178 valence electrons. The van der Waals surface area contributed by atoms with E-state index >= 15 is 0 Å². The number of aromatic amines is 1. The van der Waals surface area contributed by atoms with Crippen LogP contribution in [0.3, 0.4) is 0 Å². The van der Waals surface area contributed by atoms with Crippen LogP contribution in [0.5, 0.6) is 11.5 Å². The van der Waals surface area contributed by atoms with Crippen LogP contribution in [-0.2, 0) is 12.5 Å². The number of alkyl halides is 4. The van der Waals surface area contributed by atoms with E-state index < -0.39 is 59.4 Å². The number of benzene rings is 1. The largest absolute Gasteiger partial charge is 0.449 e. The summed E-state index contributed by atoms with van der Waals surface area (Å²) >= 11 is 0. The van der Waals surface area contributed by atoms with Gasteiger partial charge in [-0.05, 0) is 32.0 Å². The van der Waals surface area contributed by atoms with Crippen LogP contribution in [0.1, 0.15) is 34.5 Å². The maximum Gasteiger partial charge on any atom is 0.299 e. The van der Waals surface area contributed by atoms with Crippen LogP contribution in [-0.4, -0.2) is 21.0 Å². The van der Waals surface area contributed by atoms with Gasteiger partial charge in [0.1, 0.15) is 11.6 Å². The maximum atomic E-state index is 14.6. The summed E-state index contributed by atoms with van der Waals surface area (Å²) in [5.74, 6) is -6.80. The number of aromatic nitrogens is 3. The molecule has 0 saturated carbocycles. The molecule has 1 N–H and O–H groups in total. The van der Waals surface area contributed by atoms with Gasteiger partial charge in [-0.2, -0.15) is 14.0 Å². The minimum atomic E-state index is -4.28. The van der Waals surface area contributed by atoms with Crippen molar-refractivity contribution in [2.45, 2.75) is 39.2 Å². The first-order chi connectivity index (χ1) is 15.9. The highest BCUT2D eigenvalue weighted by Crippen LogP contribution is 2.38. The van der Waals surface area contributed by atoms with Crippen molar-refractivity contribution in [2.24, 2.45) is 0 Å². The lowest BCUT2D eigenvalue weighted by Crippen LogP contribution is -2.30. The van der Waals surface area contributed by atoms with Crippen LogP contribution in [0.2, 0.25) is 0 Å². The molecule has 0 aliphatic heterocycles. The average Bonchev–Trinajstić information content (AvgIpc) is 2.73. The number of hydrogen-bond donors (Lipinski definition) is 1. The Hall–Kier alpha value is -4.01. The maximum absolute atomic E-state index is 14.6. The molecule has 0 saturated heterocycles. The Kier molecular flexibility index (Phi) is 6.85. The molecule has 1 aromatic carbocycles. The van der Waals surface area contributed by atoms with E-state index in [-0.39, 0.29) is 16.7 Å². The predicted octanol–water partition coefficient (Wildman–Crippen LogP) is 4.15. The lowest BCUT2D eigenvalue weighted by molar-refractivity contribution is -0.0643. The van der Waals surface area contributed by atoms with Crippen LogP contribution in [0.15, 0.2) is 40.2 Å². The molecule has 3 rings (SSSR count). The molecule has 0 amide bonds. The molecule has 0 spiro atoms. The fraction of sp³-hybridized carbons (Fsp3) is 0.273. The minimum absolute atomic E-state index is 0.0248. The molecule has 0 radical (unpaired) electrons. The van der Waals surface area contributed by atoms with Crippen LogP contribution in [0, 0.1) is 31.0 Å². The molecule has 3 aromatic rings. The number of ether oxygens (including phenoxy) is 1. The highest BCUT2D eigenvalue weighted by atomic mass is 19.3. The van der Waals surface area contributed by atoms with Crippen molar-refractivity contribution in [3.05, 3.63) is 85.2 Å². The Morgan fingerprint density at radius 3 is 2.56 bits per heavy atom. The highest BCUT2D eigenvalue weighted by molar-refractivity contribution is 5.48. The van der Waals surface area contributed by atoms with Crippen molar-refractivity contribution in [3.63, 3.8) is 0 Å². The molecule has 34 heavy (non-hydrogen) atoms. The van der Waals surface area contributed by atoms with E-state index in [1.54, 1.807) is 19.1 Å². The molecule has 12 heteroatoms. The van der Waals surface area contributed by atoms with Crippen molar-refractivity contribution < 1.29 is 26.7 Å². The molecule has 2 aromatic heterocycles. The monoisotopic (exact) mass is 480 g/mol. The van der Waals surface area contributed by atoms with Crippen molar-refractivity contribution in [3.8, 4) is 17.6 Å². The molecular formula is C22H17F5N4O3. The first kappa shape index (κ1) is 24.6. The number of rotatable bonds is 7. The van der Waals surface area contributed by atoms with Crippen molar-refractivity contribution in [1.82, 2.24) is 14.5 Å². The first-order valence-corrected chi connectivity index (χ1v) is 9.75. The second kappa shape index (κ2) is 9.46. The number of pyridine rings is 1. The third-order valence-electron chi connectivity index (χ3n) is 4.89. The van der Waals surface area contributed by atoms with E-state index in [0.29, 0.717) is 12.0 Å². The van der Waals surface area contributed by atoms with Crippen molar-refractivity contribution >= 4 is 0 Å². The molecule has 0 atom stereocenters. The van der Waals surface area contributed by atoms with E-state index in [0.717, 1.165) is 16.7 Å². The molecule has 0 fully saturated rings. The molecule has 0 bridgehead atoms. The van der Waals surface area contributed by atoms with Gasteiger partial charge in [-0.25, -0.2) is 18.2 Å². The number of hydrogen-bond acceptors (Lipinski definition) is 5. The SMILES string of the molecule is Cc1ccc(Cn2cnc(C(F)(F)CC(F)F)c(Oc3cc(F)cc(C#N)c3C)c2=O)c(=O)[nH]1. The summed E-state index contributed by atoms with van der Waals surface area (Å²) in [6.45, 7) is 2.55. The normalized spacial score (nSPS) is 11.5. The van der Waals surface area contributed by atoms with Gasteiger partial charge in [-0.15, -0.1) is 0 Å². The van der Waals surface area contributed by atoms with Gasteiger partial charge in [0.2, 0.25) is 12.2 Å². The van der Waals surface area contributed by atoms with Gasteiger partial charge in [0.15, 0.2) is 5.69 Å². The van der Waals surface area contributed by atoms with E-state index in [2.05, 4.69) is 9.97 Å². The lowest BCUT2D eigenvalue weighted by Gasteiger charge is -2.20. The summed E-state index contributed by atoms with van der Waals surface area (Å²) in [5.41, 5.74) is -2.68. The third-order valence-corrected chi connectivity index (χ3v) is 4.89. The van der Waals surface area contributed by atoms with E-state index in [4.69, 9.17) is 10.00 Å². The zero-order valence-corrected chi connectivity index (χ0v) is 17.8. The minimum Gasteiger partial charge on any atom is -0.449 e. The van der Waals surface area contributed by atoms with E-state index in [1.807, 2.05) is 0 Å². The summed E-state index contributed by atoms with van der Waals surface area (Å²) < 4.78 is 74.7. The number of nitriles is 1. The summed E-state index contributed by atoms with van der Waals surface area (Å²) in [5, 5.41) is 9.14. The Labute approximate surface area is 189 Å². The van der Waals surface area contributed by atoms with Gasteiger partial charge in [-0.3, -0.25) is 14.2 Å². The predicted molar refractivity (Wildman–Crippen MR) is 110 cm³/mol. The summed E-state index contributed by atoms with van der Waals surface area (Å²) in [6, 6.07) is 6.30. The summed E-state index contributed by atoms with van der Waals surface area (Å²) in [6.07, 6.45) is -4.69. The first-order valence-electron chi connectivity index (χ1n) is 9.75. The Balaban J connectivity index is 2.19. The van der Waals surface area contributed by atoms with Crippen molar-refractivity contribution in [2.75, 3.05) is 0 Å². The Bertz CT molecular complexity index is 1390. The molecule has 0 aliphatic rings. The smallest absolute Gasteiger partial charge is 0.299 e. The zero-order chi connectivity index (χ0) is 25.2. The molecule has 0 aliphatic carbocycles. The van der Waals surface area contributed by atoms with E-state index in [1.165, 1.54) is 13.0 Å². The van der Waals surface area contributed by atoms with E-state index in [9.17, 15) is 31.5 Å². The summed E-state index contributed by atoms with van der Waals surface area (Å²) in [7, 11) is 0. The molecular weight excluding hydrogens is 463 g/mol. The quantitative estimate of drug-likeness (QED) is 0.512. The summed E-state index contributed by atoms with van der Waals surface area (Å²) in [4.78, 5) is 31.2. The number of aryl methyl sites for hydroxylation is 1. The number of nitrogens with zero attached hydrogens (tertiary/aromatic N) is 3.